The van der Waals surface area contributed by atoms with E-state index in [9.17, 15) is 13.6 Å². The zero-order valence-corrected chi connectivity index (χ0v) is 13.8. The predicted octanol–water partition coefficient (Wildman–Crippen LogP) is 3.33. The first-order chi connectivity index (χ1) is 12.0. The number of benzene rings is 1. The lowest BCUT2D eigenvalue weighted by Gasteiger charge is -2.12. The van der Waals surface area contributed by atoms with Gasteiger partial charge in [-0.1, -0.05) is 18.2 Å². The molecule has 0 fully saturated rings. The third-order valence-corrected chi connectivity index (χ3v) is 3.24. The molecule has 2 aromatic rings. The summed E-state index contributed by atoms with van der Waals surface area (Å²) in [6, 6.07) is 10.2. The van der Waals surface area contributed by atoms with E-state index in [-0.39, 0.29) is 24.0 Å². The second kappa shape index (κ2) is 8.77. The number of aromatic nitrogens is 1. The first-order valence-corrected chi connectivity index (χ1v) is 7.50. The average molecular weight is 348 g/mol. The van der Waals surface area contributed by atoms with Crippen LogP contribution in [0.5, 0.6) is 11.5 Å². The molecule has 1 aromatic heterocycles. The number of hydrogen-bond donors (Lipinski definition) is 1. The molecule has 0 saturated heterocycles. The number of carbonyl (C=O) groups excluding carboxylic acids is 1. The summed E-state index contributed by atoms with van der Waals surface area (Å²) in [5, 5.41) is 2.68. The molecule has 5 nitrogen and oxygen atoms in total. The number of hydrogen-bond acceptors (Lipinski definition) is 4. The van der Waals surface area contributed by atoms with Gasteiger partial charge in [0.2, 0.25) is 5.91 Å². The number of pyridine rings is 1. The van der Waals surface area contributed by atoms with E-state index in [1.165, 1.54) is 25.3 Å². The van der Waals surface area contributed by atoms with Crippen LogP contribution in [-0.2, 0) is 11.3 Å². The molecule has 1 aromatic carbocycles. The summed E-state index contributed by atoms with van der Waals surface area (Å²) < 4.78 is 34.6. The van der Waals surface area contributed by atoms with Crippen LogP contribution >= 0.6 is 0 Å². The Labute approximate surface area is 144 Å². The Bertz CT molecular complexity index is 764. The van der Waals surface area contributed by atoms with Crippen LogP contribution < -0.4 is 14.8 Å². The Kier molecular flexibility index (Phi) is 6.45. The zero-order valence-electron chi connectivity index (χ0n) is 13.8. The third-order valence-electron chi connectivity index (χ3n) is 3.24. The maximum Gasteiger partial charge on any atom is 0.387 e. The van der Waals surface area contributed by atoms with Crippen LogP contribution in [0.1, 0.15) is 17.0 Å². The number of amides is 1. The smallest absolute Gasteiger partial charge is 0.387 e. The average Bonchev–Trinajstić information content (AvgIpc) is 2.58. The zero-order chi connectivity index (χ0) is 18.2. The van der Waals surface area contributed by atoms with Crippen LogP contribution in [0.15, 0.2) is 42.5 Å². The number of methoxy groups -OCH3 is 1. The molecular weight excluding hydrogens is 330 g/mol. The van der Waals surface area contributed by atoms with Gasteiger partial charge in [-0.25, -0.2) is 0 Å². The Morgan fingerprint density at radius 2 is 2.04 bits per heavy atom. The van der Waals surface area contributed by atoms with Crippen LogP contribution in [0.4, 0.5) is 8.78 Å². The van der Waals surface area contributed by atoms with Crippen molar-refractivity contribution in [1.29, 1.82) is 0 Å². The highest BCUT2D eigenvalue weighted by atomic mass is 19.3. The lowest BCUT2D eigenvalue weighted by molar-refractivity contribution is -0.116. The van der Waals surface area contributed by atoms with Crippen molar-refractivity contribution >= 4 is 12.0 Å². The van der Waals surface area contributed by atoms with Crippen LogP contribution in [-0.4, -0.2) is 24.6 Å². The summed E-state index contributed by atoms with van der Waals surface area (Å²) >= 11 is 0. The Morgan fingerprint density at radius 1 is 1.28 bits per heavy atom. The van der Waals surface area contributed by atoms with Crippen LogP contribution in [0.3, 0.4) is 0 Å². The summed E-state index contributed by atoms with van der Waals surface area (Å²) in [5.74, 6) is -0.342. The number of nitrogens with zero attached hydrogens (tertiary/aromatic N) is 1. The van der Waals surface area contributed by atoms with Gasteiger partial charge in [0.15, 0.2) is 11.5 Å². The molecule has 0 unspecified atom stereocenters. The lowest BCUT2D eigenvalue weighted by atomic mass is 10.1. The number of carbonyl (C=O) groups is 1. The predicted molar refractivity (Wildman–Crippen MR) is 89.5 cm³/mol. The van der Waals surface area contributed by atoms with Gasteiger partial charge in [0.05, 0.1) is 19.3 Å². The lowest BCUT2D eigenvalue weighted by Crippen LogP contribution is -2.21. The van der Waals surface area contributed by atoms with Crippen LogP contribution in [0, 0.1) is 6.92 Å². The second-order valence-electron chi connectivity index (χ2n) is 5.08. The van der Waals surface area contributed by atoms with E-state index < -0.39 is 6.61 Å². The molecular formula is C18H18F2N2O3. The molecule has 1 N–H and O–H groups in total. The van der Waals surface area contributed by atoms with E-state index in [0.29, 0.717) is 5.56 Å². The number of alkyl halides is 2. The molecule has 7 heteroatoms. The molecule has 1 heterocycles. The molecule has 25 heavy (non-hydrogen) atoms. The number of nitrogens with one attached hydrogen (secondary N) is 1. The summed E-state index contributed by atoms with van der Waals surface area (Å²) in [7, 11) is 1.35. The van der Waals surface area contributed by atoms with E-state index in [4.69, 9.17) is 4.74 Å². The third kappa shape index (κ3) is 5.56. The Balaban J connectivity index is 2.06. The summed E-state index contributed by atoms with van der Waals surface area (Å²) in [6.45, 7) is -0.869. The number of aryl methyl sites for hydroxylation is 1. The second-order valence-corrected chi connectivity index (χ2v) is 5.08. The molecule has 2 rings (SSSR count). The molecule has 0 atom stereocenters. The maximum atomic E-state index is 12.6. The SMILES string of the molecule is COc1cccc(/C=C/C(=O)NCc2cccc(C)n2)c1OC(F)F. The van der Waals surface area contributed by atoms with Gasteiger partial charge in [0, 0.05) is 17.3 Å². The van der Waals surface area contributed by atoms with Gasteiger partial charge >= 0.3 is 6.61 Å². The van der Waals surface area contributed by atoms with Gasteiger partial charge in [0.25, 0.3) is 0 Å². The standard InChI is InChI=1S/C18H18F2N2O3/c1-12-5-3-7-14(22-12)11-21-16(23)10-9-13-6-4-8-15(24-2)17(13)25-18(19)20/h3-10,18H,11H2,1-2H3,(H,21,23)/b10-9+. The fourth-order valence-corrected chi connectivity index (χ4v) is 2.14. The van der Waals surface area contributed by atoms with Gasteiger partial charge in [-0.3, -0.25) is 9.78 Å². The fraction of sp³-hybridized carbons (Fsp3) is 0.222. The van der Waals surface area contributed by atoms with Crippen LogP contribution in [0.2, 0.25) is 0 Å². The van der Waals surface area contributed by atoms with E-state index in [1.54, 1.807) is 18.2 Å². The molecule has 0 radical (unpaired) electrons. The van der Waals surface area contributed by atoms with Crippen LogP contribution in [0.25, 0.3) is 6.08 Å². The molecule has 0 spiro atoms. The minimum Gasteiger partial charge on any atom is -0.493 e. The molecule has 0 saturated carbocycles. The summed E-state index contributed by atoms with van der Waals surface area (Å²) in [6.07, 6.45) is 2.63. The molecule has 0 bridgehead atoms. The number of halogens is 2. The van der Waals surface area contributed by atoms with Crippen molar-refractivity contribution in [2.24, 2.45) is 0 Å². The molecule has 0 aliphatic carbocycles. The van der Waals surface area contributed by atoms with E-state index >= 15 is 0 Å². The quantitative estimate of drug-likeness (QED) is 0.780. The molecule has 1 amide bonds. The van der Waals surface area contributed by atoms with Crippen molar-refractivity contribution in [3.8, 4) is 11.5 Å². The molecule has 0 aliphatic rings. The van der Waals surface area contributed by atoms with Gasteiger partial charge < -0.3 is 14.8 Å². The van der Waals surface area contributed by atoms with Crippen molar-refractivity contribution < 1.29 is 23.0 Å². The van der Waals surface area contributed by atoms with Crippen molar-refractivity contribution in [1.82, 2.24) is 10.3 Å². The van der Waals surface area contributed by atoms with Crippen molar-refractivity contribution in [3.05, 3.63) is 59.4 Å². The summed E-state index contributed by atoms with van der Waals surface area (Å²) in [4.78, 5) is 16.2. The molecule has 132 valence electrons. The first-order valence-electron chi connectivity index (χ1n) is 7.50. The minimum atomic E-state index is -3.00. The number of para-hydroxylation sites is 1. The van der Waals surface area contributed by atoms with Gasteiger partial charge in [-0.05, 0) is 31.2 Å². The molecule has 0 aliphatic heterocycles. The van der Waals surface area contributed by atoms with Crippen molar-refractivity contribution in [2.75, 3.05) is 7.11 Å². The van der Waals surface area contributed by atoms with Crippen molar-refractivity contribution in [3.63, 3.8) is 0 Å². The minimum absolute atomic E-state index is 0.121. The van der Waals surface area contributed by atoms with E-state index in [2.05, 4.69) is 15.0 Å². The number of ether oxygens (including phenoxy) is 2. The van der Waals surface area contributed by atoms with E-state index in [0.717, 1.165) is 11.4 Å². The number of rotatable bonds is 7. The van der Waals surface area contributed by atoms with Gasteiger partial charge in [-0.2, -0.15) is 8.78 Å². The Hall–Kier alpha value is -2.96. The van der Waals surface area contributed by atoms with Crippen molar-refractivity contribution in [2.45, 2.75) is 20.1 Å². The summed E-state index contributed by atoms with van der Waals surface area (Å²) in [5.41, 5.74) is 1.89. The highest BCUT2D eigenvalue weighted by molar-refractivity contribution is 5.92. The largest absolute Gasteiger partial charge is 0.493 e. The first kappa shape index (κ1) is 18.4. The monoisotopic (exact) mass is 348 g/mol. The maximum absolute atomic E-state index is 12.6. The van der Waals surface area contributed by atoms with E-state index in [1.807, 2.05) is 19.1 Å². The fourth-order valence-electron chi connectivity index (χ4n) is 2.14. The normalized spacial score (nSPS) is 10.9. The van der Waals surface area contributed by atoms with Gasteiger partial charge in [-0.15, -0.1) is 0 Å². The highest BCUT2D eigenvalue weighted by Gasteiger charge is 2.14. The van der Waals surface area contributed by atoms with Gasteiger partial charge in [0.1, 0.15) is 0 Å². The highest BCUT2D eigenvalue weighted by Crippen LogP contribution is 2.33. The Morgan fingerprint density at radius 3 is 2.72 bits per heavy atom. The topological polar surface area (TPSA) is 60.5 Å².